The highest BCUT2D eigenvalue weighted by atomic mass is 35.5. The molecule has 0 nitrogen and oxygen atoms in total. The topological polar surface area (TPSA) is 0 Å². The van der Waals surface area contributed by atoms with Crippen LogP contribution in [0.25, 0.3) is 0 Å². The zero-order valence-corrected chi connectivity index (χ0v) is 10.1. The van der Waals surface area contributed by atoms with Gasteiger partial charge in [0, 0.05) is 5.02 Å². The highest BCUT2D eigenvalue weighted by Crippen LogP contribution is 2.30. The summed E-state index contributed by atoms with van der Waals surface area (Å²) in [4.78, 5) is 0. The Morgan fingerprint density at radius 1 is 1.20 bits per heavy atom. The van der Waals surface area contributed by atoms with E-state index in [-0.39, 0.29) is 0 Å². The Morgan fingerprint density at radius 3 is 2.60 bits per heavy atom. The van der Waals surface area contributed by atoms with E-state index in [0.717, 1.165) is 16.9 Å². The number of rotatable bonds is 2. The minimum atomic E-state index is 0.872. The summed E-state index contributed by atoms with van der Waals surface area (Å²) in [5.41, 5.74) is 1.40. The van der Waals surface area contributed by atoms with Crippen LogP contribution in [0.15, 0.2) is 24.3 Å². The maximum Gasteiger partial charge on any atom is 0.0408 e. The van der Waals surface area contributed by atoms with Crippen LogP contribution in [0, 0.1) is 11.8 Å². The largest absolute Gasteiger partial charge is 0.0843 e. The molecule has 0 bridgehead atoms. The fourth-order valence-electron chi connectivity index (χ4n) is 2.53. The monoisotopic (exact) mass is 222 g/mol. The van der Waals surface area contributed by atoms with Gasteiger partial charge in [-0.25, -0.2) is 0 Å². The summed E-state index contributed by atoms with van der Waals surface area (Å²) in [7, 11) is 0. The molecule has 1 aromatic carbocycles. The quantitative estimate of drug-likeness (QED) is 0.680. The third kappa shape index (κ3) is 3.24. The number of halogens is 1. The summed E-state index contributed by atoms with van der Waals surface area (Å²) in [5, 5.41) is 0.872. The Hall–Kier alpha value is -0.490. The van der Waals surface area contributed by atoms with Gasteiger partial charge < -0.3 is 0 Å². The van der Waals surface area contributed by atoms with Gasteiger partial charge in [-0.2, -0.15) is 0 Å². The highest BCUT2D eigenvalue weighted by molar-refractivity contribution is 6.30. The first kappa shape index (κ1) is 11.0. The van der Waals surface area contributed by atoms with Crippen LogP contribution in [0.2, 0.25) is 5.02 Å². The summed E-state index contributed by atoms with van der Waals surface area (Å²) < 4.78 is 0. The fraction of sp³-hybridized carbons (Fsp3) is 0.571. The molecule has 0 amide bonds. The van der Waals surface area contributed by atoms with E-state index in [4.69, 9.17) is 11.6 Å². The molecular weight excluding hydrogens is 204 g/mol. The third-order valence-corrected chi connectivity index (χ3v) is 3.78. The van der Waals surface area contributed by atoms with E-state index in [9.17, 15) is 0 Å². The van der Waals surface area contributed by atoms with Crippen LogP contribution in [0.1, 0.15) is 38.2 Å². The second-order valence-corrected chi connectivity index (χ2v) is 5.40. The maximum absolute atomic E-state index is 5.99. The van der Waals surface area contributed by atoms with Crippen LogP contribution in [-0.2, 0) is 6.42 Å². The van der Waals surface area contributed by atoms with E-state index in [0.29, 0.717) is 0 Å². The second kappa shape index (κ2) is 5.03. The van der Waals surface area contributed by atoms with Gasteiger partial charge in [0.2, 0.25) is 0 Å². The molecule has 0 heterocycles. The maximum atomic E-state index is 5.99. The zero-order chi connectivity index (χ0) is 10.7. The van der Waals surface area contributed by atoms with Gasteiger partial charge in [-0.3, -0.25) is 0 Å². The Bertz CT molecular complexity index is 311. The Kier molecular flexibility index (Phi) is 3.69. The van der Waals surface area contributed by atoms with Gasteiger partial charge in [0.25, 0.3) is 0 Å². The van der Waals surface area contributed by atoms with Crippen LogP contribution in [0.3, 0.4) is 0 Å². The Balaban J connectivity index is 1.92. The van der Waals surface area contributed by atoms with Gasteiger partial charge in [0.1, 0.15) is 0 Å². The molecular formula is C14H19Cl. The van der Waals surface area contributed by atoms with Crippen molar-refractivity contribution in [3.05, 3.63) is 34.9 Å². The van der Waals surface area contributed by atoms with Gasteiger partial charge in [-0.15, -0.1) is 0 Å². The van der Waals surface area contributed by atoms with Crippen LogP contribution in [-0.4, -0.2) is 0 Å². The average Bonchev–Trinajstić information content (AvgIpc) is 2.22. The highest BCUT2D eigenvalue weighted by Gasteiger charge is 2.18. The van der Waals surface area contributed by atoms with Crippen LogP contribution in [0.4, 0.5) is 0 Å². The van der Waals surface area contributed by atoms with Crippen molar-refractivity contribution in [2.75, 3.05) is 0 Å². The van der Waals surface area contributed by atoms with Crippen molar-refractivity contribution in [2.45, 2.75) is 39.0 Å². The smallest absolute Gasteiger partial charge is 0.0408 e. The molecule has 1 saturated carbocycles. The fourth-order valence-corrected chi connectivity index (χ4v) is 2.74. The molecule has 1 fully saturated rings. The molecule has 1 aromatic rings. The molecule has 0 atom stereocenters. The molecule has 1 aliphatic rings. The Morgan fingerprint density at radius 2 is 1.93 bits per heavy atom. The van der Waals surface area contributed by atoms with Gasteiger partial charge in [0.05, 0.1) is 0 Å². The number of benzene rings is 1. The number of hydrogen-bond donors (Lipinski definition) is 0. The zero-order valence-electron chi connectivity index (χ0n) is 9.38. The molecule has 1 heteroatoms. The molecule has 0 spiro atoms. The molecule has 15 heavy (non-hydrogen) atoms. The van der Waals surface area contributed by atoms with E-state index < -0.39 is 0 Å². The van der Waals surface area contributed by atoms with Crippen molar-refractivity contribution in [1.82, 2.24) is 0 Å². The summed E-state index contributed by atoms with van der Waals surface area (Å²) in [6.45, 7) is 2.37. The molecule has 0 unspecified atom stereocenters. The lowest BCUT2D eigenvalue weighted by Crippen LogP contribution is -2.14. The van der Waals surface area contributed by atoms with E-state index in [1.807, 2.05) is 6.07 Å². The van der Waals surface area contributed by atoms with Crippen LogP contribution >= 0.6 is 11.6 Å². The van der Waals surface area contributed by atoms with Gasteiger partial charge in [-0.05, 0) is 48.8 Å². The average molecular weight is 223 g/mol. The van der Waals surface area contributed by atoms with Crippen molar-refractivity contribution in [3.8, 4) is 0 Å². The molecule has 0 radical (unpaired) electrons. The summed E-state index contributed by atoms with van der Waals surface area (Å²) in [6.07, 6.45) is 6.82. The molecule has 0 N–H and O–H groups in total. The summed E-state index contributed by atoms with van der Waals surface area (Å²) in [5.74, 6) is 1.83. The minimum Gasteiger partial charge on any atom is -0.0843 e. The first-order valence-electron chi connectivity index (χ1n) is 5.98. The van der Waals surface area contributed by atoms with Crippen molar-refractivity contribution in [2.24, 2.45) is 11.8 Å². The molecule has 82 valence electrons. The van der Waals surface area contributed by atoms with Gasteiger partial charge in [-0.1, -0.05) is 43.5 Å². The standard InChI is InChI=1S/C14H19Cl/c1-11-5-7-12(8-6-11)9-13-3-2-4-14(15)10-13/h2-4,10-12H,5-9H2,1H3. The third-order valence-electron chi connectivity index (χ3n) is 3.55. The predicted molar refractivity (Wildman–Crippen MR) is 66.3 cm³/mol. The van der Waals surface area contributed by atoms with E-state index in [1.54, 1.807) is 0 Å². The molecule has 1 aliphatic carbocycles. The van der Waals surface area contributed by atoms with Crippen molar-refractivity contribution in [3.63, 3.8) is 0 Å². The first-order valence-corrected chi connectivity index (χ1v) is 6.36. The van der Waals surface area contributed by atoms with Gasteiger partial charge >= 0.3 is 0 Å². The van der Waals surface area contributed by atoms with Crippen LogP contribution in [0.5, 0.6) is 0 Å². The lowest BCUT2D eigenvalue weighted by molar-refractivity contribution is 0.289. The van der Waals surface area contributed by atoms with E-state index >= 15 is 0 Å². The first-order chi connectivity index (χ1) is 7.24. The van der Waals surface area contributed by atoms with Crippen molar-refractivity contribution < 1.29 is 0 Å². The summed E-state index contributed by atoms with van der Waals surface area (Å²) >= 11 is 5.99. The SMILES string of the molecule is CC1CCC(Cc2cccc(Cl)c2)CC1. The van der Waals surface area contributed by atoms with Crippen molar-refractivity contribution >= 4 is 11.6 Å². The molecule has 0 aliphatic heterocycles. The second-order valence-electron chi connectivity index (χ2n) is 4.96. The van der Waals surface area contributed by atoms with Crippen LogP contribution < -0.4 is 0 Å². The Labute approximate surface area is 97.6 Å². The van der Waals surface area contributed by atoms with E-state index in [2.05, 4.69) is 25.1 Å². The molecule has 2 rings (SSSR count). The lowest BCUT2D eigenvalue weighted by Gasteiger charge is -2.26. The van der Waals surface area contributed by atoms with E-state index in [1.165, 1.54) is 37.7 Å². The predicted octanol–water partition coefficient (Wildman–Crippen LogP) is 4.71. The molecule has 0 saturated heterocycles. The molecule has 0 aromatic heterocycles. The number of hydrogen-bond acceptors (Lipinski definition) is 0. The lowest BCUT2D eigenvalue weighted by atomic mass is 9.80. The summed E-state index contributed by atoms with van der Waals surface area (Å²) in [6, 6.07) is 8.32. The van der Waals surface area contributed by atoms with Gasteiger partial charge in [0.15, 0.2) is 0 Å². The minimum absolute atomic E-state index is 0.872. The normalized spacial score (nSPS) is 26.5. The van der Waals surface area contributed by atoms with Crippen molar-refractivity contribution in [1.29, 1.82) is 0 Å².